The molecule has 0 fully saturated rings. The van der Waals surface area contributed by atoms with Gasteiger partial charge in [-0.3, -0.25) is 0 Å². The molecule has 0 saturated heterocycles. The van der Waals surface area contributed by atoms with Gasteiger partial charge in [-0.25, -0.2) is 4.79 Å². The highest BCUT2D eigenvalue weighted by molar-refractivity contribution is 5.94. The first-order valence-electron chi connectivity index (χ1n) is 8.15. The minimum atomic E-state index is -0.546. The number of carbonyl (C=O) groups excluding carboxylic acids is 1. The molecular weight excluding hydrogens is 300 g/mol. The molecule has 0 atom stereocenters. The van der Waals surface area contributed by atoms with E-state index in [1.54, 1.807) is 30.3 Å². The number of phenolic OH excluding ortho intramolecular Hbond substituents is 1. The fraction of sp³-hybridized carbons (Fsp3) is 0.381. The summed E-state index contributed by atoms with van der Waals surface area (Å²) >= 11 is 0. The Balaban J connectivity index is 2.54. The van der Waals surface area contributed by atoms with Gasteiger partial charge in [0.05, 0.1) is 0 Å². The summed E-state index contributed by atoms with van der Waals surface area (Å²) in [6, 6.07) is 12.6. The van der Waals surface area contributed by atoms with Crippen LogP contribution in [0.15, 0.2) is 42.5 Å². The SMILES string of the molecule is CC(C)(C)c1cc(C(=O)Oc2ccccc2)c(O)c(C(C)(C)C)c1. The summed E-state index contributed by atoms with van der Waals surface area (Å²) in [5.74, 6) is -0.0906. The fourth-order valence-corrected chi connectivity index (χ4v) is 2.45. The zero-order valence-corrected chi connectivity index (χ0v) is 15.3. The third kappa shape index (κ3) is 3.97. The molecule has 2 rings (SSSR count). The molecule has 0 spiro atoms. The fourth-order valence-electron chi connectivity index (χ4n) is 2.45. The monoisotopic (exact) mass is 326 g/mol. The zero-order valence-electron chi connectivity index (χ0n) is 15.3. The van der Waals surface area contributed by atoms with Crippen LogP contribution in [-0.2, 0) is 10.8 Å². The Morgan fingerprint density at radius 3 is 2.00 bits per heavy atom. The normalized spacial score (nSPS) is 12.1. The second-order valence-electron chi connectivity index (χ2n) is 8.12. The van der Waals surface area contributed by atoms with E-state index in [9.17, 15) is 9.90 Å². The van der Waals surface area contributed by atoms with E-state index in [-0.39, 0.29) is 22.1 Å². The van der Waals surface area contributed by atoms with Crippen molar-refractivity contribution in [3.05, 3.63) is 59.2 Å². The van der Waals surface area contributed by atoms with Gasteiger partial charge in [-0.05, 0) is 34.6 Å². The van der Waals surface area contributed by atoms with Gasteiger partial charge in [0.2, 0.25) is 0 Å². The van der Waals surface area contributed by atoms with E-state index in [0.29, 0.717) is 5.75 Å². The van der Waals surface area contributed by atoms with Crippen LogP contribution >= 0.6 is 0 Å². The number of ether oxygens (including phenoxy) is 1. The molecule has 2 aromatic rings. The summed E-state index contributed by atoms with van der Waals surface area (Å²) in [4.78, 5) is 12.6. The number of aromatic hydroxyl groups is 1. The van der Waals surface area contributed by atoms with Crippen molar-refractivity contribution >= 4 is 5.97 Å². The molecule has 2 aromatic carbocycles. The number of hydrogen-bond donors (Lipinski definition) is 1. The highest BCUT2D eigenvalue weighted by atomic mass is 16.5. The van der Waals surface area contributed by atoms with Crippen molar-refractivity contribution in [1.29, 1.82) is 0 Å². The summed E-state index contributed by atoms with van der Waals surface area (Å²) in [6.07, 6.45) is 0. The predicted octanol–water partition coefficient (Wildman–Crippen LogP) is 5.21. The number of hydrogen-bond acceptors (Lipinski definition) is 3. The Bertz CT molecular complexity index is 732. The molecule has 0 aliphatic heterocycles. The molecule has 0 saturated carbocycles. The Morgan fingerprint density at radius 2 is 1.50 bits per heavy atom. The van der Waals surface area contributed by atoms with Crippen LogP contribution in [0.5, 0.6) is 11.5 Å². The zero-order chi connectivity index (χ0) is 18.1. The van der Waals surface area contributed by atoms with Gasteiger partial charge in [-0.2, -0.15) is 0 Å². The minimum Gasteiger partial charge on any atom is -0.507 e. The van der Waals surface area contributed by atoms with Gasteiger partial charge in [0.15, 0.2) is 0 Å². The Morgan fingerprint density at radius 1 is 0.917 bits per heavy atom. The van der Waals surface area contributed by atoms with Gasteiger partial charge in [0, 0.05) is 5.56 Å². The topological polar surface area (TPSA) is 46.5 Å². The van der Waals surface area contributed by atoms with Crippen LogP contribution in [0.4, 0.5) is 0 Å². The Kier molecular flexibility index (Phi) is 4.75. The van der Waals surface area contributed by atoms with Crippen molar-refractivity contribution < 1.29 is 14.6 Å². The van der Waals surface area contributed by atoms with Crippen molar-refractivity contribution in [2.75, 3.05) is 0 Å². The molecule has 0 bridgehead atoms. The van der Waals surface area contributed by atoms with Crippen LogP contribution in [0.2, 0.25) is 0 Å². The molecule has 0 aliphatic carbocycles. The number of rotatable bonds is 2. The molecule has 0 amide bonds. The van der Waals surface area contributed by atoms with Crippen LogP contribution < -0.4 is 4.74 Å². The van der Waals surface area contributed by atoms with E-state index in [1.165, 1.54) is 0 Å². The molecule has 1 N–H and O–H groups in total. The molecule has 0 heterocycles. The molecule has 0 aromatic heterocycles. The lowest BCUT2D eigenvalue weighted by molar-refractivity contribution is 0.0731. The van der Waals surface area contributed by atoms with Gasteiger partial charge in [-0.1, -0.05) is 65.8 Å². The third-order valence-electron chi connectivity index (χ3n) is 3.96. The molecule has 0 aliphatic rings. The van der Waals surface area contributed by atoms with Gasteiger partial charge < -0.3 is 9.84 Å². The van der Waals surface area contributed by atoms with Gasteiger partial charge in [0.25, 0.3) is 0 Å². The van der Waals surface area contributed by atoms with Crippen molar-refractivity contribution in [2.45, 2.75) is 52.4 Å². The van der Waals surface area contributed by atoms with E-state index < -0.39 is 5.97 Å². The van der Waals surface area contributed by atoms with E-state index in [2.05, 4.69) is 20.8 Å². The van der Waals surface area contributed by atoms with Crippen molar-refractivity contribution in [3.63, 3.8) is 0 Å². The second kappa shape index (κ2) is 6.31. The van der Waals surface area contributed by atoms with Crippen molar-refractivity contribution in [2.24, 2.45) is 0 Å². The quantitative estimate of drug-likeness (QED) is 0.609. The summed E-state index contributed by atoms with van der Waals surface area (Å²) in [5.41, 5.74) is 1.51. The average Bonchev–Trinajstić information content (AvgIpc) is 2.45. The number of para-hydroxylation sites is 1. The summed E-state index contributed by atoms with van der Waals surface area (Å²) in [6.45, 7) is 12.3. The lowest BCUT2D eigenvalue weighted by atomic mass is 9.79. The Hall–Kier alpha value is -2.29. The lowest BCUT2D eigenvalue weighted by Crippen LogP contribution is -2.20. The van der Waals surface area contributed by atoms with E-state index in [1.807, 2.05) is 32.9 Å². The average molecular weight is 326 g/mol. The van der Waals surface area contributed by atoms with Crippen molar-refractivity contribution in [1.82, 2.24) is 0 Å². The highest BCUT2D eigenvalue weighted by Crippen LogP contribution is 2.38. The van der Waals surface area contributed by atoms with E-state index in [0.717, 1.165) is 11.1 Å². The van der Waals surface area contributed by atoms with E-state index >= 15 is 0 Å². The molecule has 3 nitrogen and oxygen atoms in total. The van der Waals surface area contributed by atoms with Crippen molar-refractivity contribution in [3.8, 4) is 11.5 Å². The number of benzene rings is 2. The van der Waals surface area contributed by atoms with Crippen LogP contribution in [-0.4, -0.2) is 11.1 Å². The maximum atomic E-state index is 12.6. The third-order valence-corrected chi connectivity index (χ3v) is 3.96. The standard InChI is InChI=1S/C21H26O3/c1-20(2,3)14-12-16(18(22)17(13-14)21(4,5)6)19(23)24-15-10-8-7-9-11-15/h7-13,22H,1-6H3. The van der Waals surface area contributed by atoms with Crippen LogP contribution in [0, 0.1) is 0 Å². The molecule has 128 valence electrons. The Labute approximate surface area is 144 Å². The first-order valence-corrected chi connectivity index (χ1v) is 8.15. The first-order chi connectivity index (χ1) is 11.0. The predicted molar refractivity (Wildman–Crippen MR) is 96.9 cm³/mol. The molecule has 3 heteroatoms. The minimum absolute atomic E-state index is 0.00330. The highest BCUT2D eigenvalue weighted by Gasteiger charge is 2.27. The summed E-state index contributed by atoms with van der Waals surface area (Å²) in [5, 5.41) is 10.7. The molecule has 0 radical (unpaired) electrons. The summed E-state index contributed by atoms with van der Waals surface area (Å²) in [7, 11) is 0. The first kappa shape index (κ1) is 18.1. The maximum Gasteiger partial charge on any atom is 0.347 e. The van der Waals surface area contributed by atoms with Crippen LogP contribution in [0.1, 0.15) is 63.0 Å². The van der Waals surface area contributed by atoms with Crippen LogP contribution in [0.25, 0.3) is 0 Å². The van der Waals surface area contributed by atoms with E-state index in [4.69, 9.17) is 4.74 Å². The lowest BCUT2D eigenvalue weighted by Gasteiger charge is -2.27. The second-order valence-corrected chi connectivity index (χ2v) is 8.12. The smallest absolute Gasteiger partial charge is 0.347 e. The number of esters is 1. The van der Waals surface area contributed by atoms with Gasteiger partial charge >= 0.3 is 5.97 Å². The maximum absolute atomic E-state index is 12.6. The van der Waals surface area contributed by atoms with Gasteiger partial charge in [-0.15, -0.1) is 0 Å². The van der Waals surface area contributed by atoms with Crippen LogP contribution in [0.3, 0.4) is 0 Å². The number of carbonyl (C=O) groups is 1. The largest absolute Gasteiger partial charge is 0.507 e. The van der Waals surface area contributed by atoms with Gasteiger partial charge in [0.1, 0.15) is 17.1 Å². The molecule has 0 unspecified atom stereocenters. The summed E-state index contributed by atoms with van der Waals surface area (Å²) < 4.78 is 5.42. The molecular formula is C21H26O3. The molecule has 24 heavy (non-hydrogen) atoms. The number of phenols is 1.